The number of unbranched alkanes of at least 4 members (excludes halogenated alkanes) is 2. The number of aliphatic hydroxyl groups excluding tert-OH is 2. The van der Waals surface area contributed by atoms with Crippen LogP contribution in [0.3, 0.4) is 0 Å². The highest BCUT2D eigenvalue weighted by molar-refractivity contribution is 4.76. The second-order valence-electron chi connectivity index (χ2n) is 4.21. The maximum Gasteiger partial charge on any atom is 0.0436 e. The molecule has 0 aliphatic carbocycles. The van der Waals surface area contributed by atoms with Crippen LogP contribution in [0.2, 0.25) is 0 Å². The van der Waals surface area contributed by atoms with Crippen LogP contribution >= 0.6 is 0 Å². The quantitative estimate of drug-likeness (QED) is 0.564. The first kappa shape index (κ1) is 13.9. The smallest absolute Gasteiger partial charge is 0.0436 e. The second-order valence-corrected chi connectivity index (χ2v) is 4.21. The topological polar surface area (TPSA) is 40.5 Å². The predicted molar refractivity (Wildman–Crippen MR) is 60.3 cm³/mol. The lowest BCUT2D eigenvalue weighted by Crippen LogP contribution is -2.20. The Morgan fingerprint density at radius 3 is 1.86 bits per heavy atom. The Labute approximate surface area is 88.3 Å². The first-order valence-electron chi connectivity index (χ1n) is 5.96. The summed E-state index contributed by atoms with van der Waals surface area (Å²) in [6.45, 7) is 5.04. The standard InChI is InChI=1S/C12H26O2/c1-3-12(4-2,9-11-14)8-6-5-7-10-13/h13-14H,3-11H2,1-2H3. The third-order valence-corrected chi connectivity index (χ3v) is 3.51. The van der Waals surface area contributed by atoms with E-state index >= 15 is 0 Å². The fourth-order valence-electron chi connectivity index (χ4n) is 2.11. The van der Waals surface area contributed by atoms with Gasteiger partial charge in [-0.1, -0.05) is 39.5 Å². The van der Waals surface area contributed by atoms with Crippen LogP contribution in [0.15, 0.2) is 0 Å². The van der Waals surface area contributed by atoms with E-state index in [0.717, 1.165) is 32.1 Å². The van der Waals surface area contributed by atoms with Crippen LogP contribution in [0.1, 0.15) is 58.8 Å². The van der Waals surface area contributed by atoms with Crippen LogP contribution in [-0.4, -0.2) is 23.4 Å². The van der Waals surface area contributed by atoms with Crippen LogP contribution in [-0.2, 0) is 0 Å². The molecule has 0 unspecified atom stereocenters. The molecule has 0 saturated heterocycles. The number of hydrogen-bond donors (Lipinski definition) is 2. The molecular formula is C12H26O2. The molecule has 0 aromatic rings. The van der Waals surface area contributed by atoms with Gasteiger partial charge >= 0.3 is 0 Å². The maximum absolute atomic E-state index is 9.03. The molecular weight excluding hydrogens is 176 g/mol. The van der Waals surface area contributed by atoms with Crippen molar-refractivity contribution in [1.29, 1.82) is 0 Å². The zero-order valence-electron chi connectivity index (χ0n) is 9.76. The van der Waals surface area contributed by atoms with Gasteiger partial charge in [0.15, 0.2) is 0 Å². The van der Waals surface area contributed by atoms with Crippen molar-refractivity contribution in [2.24, 2.45) is 5.41 Å². The summed E-state index contributed by atoms with van der Waals surface area (Å²) in [6.07, 6.45) is 7.65. The van der Waals surface area contributed by atoms with Gasteiger partial charge in [0.2, 0.25) is 0 Å². The van der Waals surface area contributed by atoms with Crippen molar-refractivity contribution in [3.8, 4) is 0 Å². The van der Waals surface area contributed by atoms with E-state index in [4.69, 9.17) is 10.2 Å². The van der Waals surface area contributed by atoms with Crippen molar-refractivity contribution in [2.75, 3.05) is 13.2 Å². The monoisotopic (exact) mass is 202 g/mol. The molecule has 0 amide bonds. The van der Waals surface area contributed by atoms with Crippen LogP contribution in [0.4, 0.5) is 0 Å². The van der Waals surface area contributed by atoms with E-state index in [-0.39, 0.29) is 0 Å². The van der Waals surface area contributed by atoms with Crippen LogP contribution in [0.5, 0.6) is 0 Å². The Bertz CT molecular complexity index is 119. The third kappa shape index (κ3) is 4.97. The largest absolute Gasteiger partial charge is 0.396 e. The van der Waals surface area contributed by atoms with Gasteiger partial charge in [-0.2, -0.15) is 0 Å². The molecule has 2 nitrogen and oxygen atoms in total. The minimum atomic E-state index is 0.307. The molecule has 2 N–H and O–H groups in total. The van der Waals surface area contributed by atoms with E-state index in [1.54, 1.807) is 0 Å². The Morgan fingerprint density at radius 2 is 1.43 bits per heavy atom. The summed E-state index contributed by atoms with van der Waals surface area (Å²) < 4.78 is 0. The molecule has 14 heavy (non-hydrogen) atoms. The van der Waals surface area contributed by atoms with Gasteiger partial charge in [0.25, 0.3) is 0 Å². The van der Waals surface area contributed by atoms with Crippen LogP contribution in [0.25, 0.3) is 0 Å². The summed E-state index contributed by atoms with van der Waals surface area (Å²) >= 11 is 0. The minimum Gasteiger partial charge on any atom is -0.396 e. The lowest BCUT2D eigenvalue weighted by molar-refractivity contribution is 0.151. The van der Waals surface area contributed by atoms with Crippen molar-refractivity contribution < 1.29 is 10.2 Å². The molecule has 0 aromatic carbocycles. The van der Waals surface area contributed by atoms with Crippen LogP contribution in [0, 0.1) is 5.41 Å². The van der Waals surface area contributed by atoms with E-state index in [1.807, 2.05) is 0 Å². The number of rotatable bonds is 9. The molecule has 0 bridgehead atoms. The molecule has 0 aromatic heterocycles. The summed E-state index contributed by atoms with van der Waals surface area (Å²) in [6, 6.07) is 0. The second kappa shape index (κ2) is 8.25. The zero-order valence-corrected chi connectivity index (χ0v) is 9.76. The summed E-state index contributed by atoms with van der Waals surface area (Å²) in [5, 5.41) is 17.7. The molecule has 0 rings (SSSR count). The normalized spacial score (nSPS) is 12.0. The Morgan fingerprint density at radius 1 is 0.786 bits per heavy atom. The average molecular weight is 202 g/mol. The first-order chi connectivity index (χ1) is 6.74. The zero-order chi connectivity index (χ0) is 10.9. The van der Waals surface area contributed by atoms with E-state index in [2.05, 4.69) is 13.8 Å². The lowest BCUT2D eigenvalue weighted by Gasteiger charge is -2.31. The third-order valence-electron chi connectivity index (χ3n) is 3.51. The SMILES string of the molecule is CCC(CC)(CCO)CCCCCO. The van der Waals surface area contributed by atoms with Crippen molar-refractivity contribution in [2.45, 2.75) is 58.8 Å². The van der Waals surface area contributed by atoms with E-state index in [9.17, 15) is 0 Å². The molecule has 2 heteroatoms. The summed E-state index contributed by atoms with van der Waals surface area (Å²) in [5.41, 5.74) is 0.351. The van der Waals surface area contributed by atoms with E-state index < -0.39 is 0 Å². The minimum absolute atomic E-state index is 0.307. The van der Waals surface area contributed by atoms with Gasteiger partial charge in [0.05, 0.1) is 0 Å². The van der Waals surface area contributed by atoms with Gasteiger partial charge in [-0.3, -0.25) is 0 Å². The highest BCUT2D eigenvalue weighted by atomic mass is 16.3. The Hall–Kier alpha value is -0.0800. The molecule has 0 heterocycles. The Kier molecular flexibility index (Phi) is 8.20. The molecule has 0 atom stereocenters. The van der Waals surface area contributed by atoms with Crippen molar-refractivity contribution in [3.05, 3.63) is 0 Å². The summed E-state index contributed by atoms with van der Waals surface area (Å²) in [7, 11) is 0. The van der Waals surface area contributed by atoms with Crippen molar-refractivity contribution in [1.82, 2.24) is 0 Å². The Balaban J connectivity index is 3.82. The average Bonchev–Trinajstić information content (AvgIpc) is 2.23. The summed E-state index contributed by atoms with van der Waals surface area (Å²) in [4.78, 5) is 0. The first-order valence-corrected chi connectivity index (χ1v) is 5.96. The summed E-state index contributed by atoms with van der Waals surface area (Å²) in [5.74, 6) is 0. The molecule has 0 fully saturated rings. The van der Waals surface area contributed by atoms with Gasteiger partial charge < -0.3 is 10.2 Å². The number of hydrogen-bond acceptors (Lipinski definition) is 2. The van der Waals surface area contributed by atoms with Gasteiger partial charge in [-0.15, -0.1) is 0 Å². The van der Waals surface area contributed by atoms with Gasteiger partial charge in [-0.05, 0) is 24.7 Å². The predicted octanol–water partition coefficient (Wildman–Crippen LogP) is 2.73. The molecule has 0 aliphatic heterocycles. The highest BCUT2D eigenvalue weighted by Crippen LogP contribution is 2.36. The van der Waals surface area contributed by atoms with Gasteiger partial charge in [-0.25, -0.2) is 0 Å². The molecule has 0 spiro atoms. The van der Waals surface area contributed by atoms with E-state index in [1.165, 1.54) is 12.8 Å². The van der Waals surface area contributed by atoms with Gasteiger partial charge in [0.1, 0.15) is 0 Å². The fraction of sp³-hybridized carbons (Fsp3) is 1.00. The highest BCUT2D eigenvalue weighted by Gasteiger charge is 2.24. The van der Waals surface area contributed by atoms with E-state index in [0.29, 0.717) is 18.6 Å². The molecule has 0 saturated carbocycles. The van der Waals surface area contributed by atoms with Crippen LogP contribution < -0.4 is 0 Å². The van der Waals surface area contributed by atoms with Gasteiger partial charge in [0, 0.05) is 13.2 Å². The maximum atomic E-state index is 9.03. The lowest BCUT2D eigenvalue weighted by atomic mass is 9.75. The fourth-order valence-corrected chi connectivity index (χ4v) is 2.11. The molecule has 86 valence electrons. The molecule has 0 radical (unpaired) electrons. The van der Waals surface area contributed by atoms with Crippen molar-refractivity contribution >= 4 is 0 Å². The molecule has 0 aliphatic rings. The van der Waals surface area contributed by atoms with Crippen molar-refractivity contribution in [3.63, 3.8) is 0 Å². The number of aliphatic hydroxyl groups is 2.